The zero-order valence-corrected chi connectivity index (χ0v) is 9.98. The Hall–Kier alpha value is -2.10. The number of hydrogen-bond donors (Lipinski definition) is 2. The topological polar surface area (TPSA) is 98.3 Å². The molecule has 0 saturated heterocycles. The van der Waals surface area contributed by atoms with Crippen molar-refractivity contribution in [2.45, 2.75) is 12.5 Å². The molecular formula is C11H10ClN3O3. The number of nitrogens with one attached hydrogen (secondary N) is 1. The van der Waals surface area contributed by atoms with Crippen LogP contribution in [0.15, 0.2) is 18.2 Å². The van der Waals surface area contributed by atoms with E-state index >= 15 is 0 Å². The first-order valence-corrected chi connectivity index (χ1v) is 5.27. The minimum Gasteiger partial charge on any atom is -0.325 e. The fraction of sp³-hybridized carbons (Fsp3) is 0.182. The number of halogens is 1. The molecule has 0 aliphatic carbocycles. The summed E-state index contributed by atoms with van der Waals surface area (Å²) in [6.45, 7) is 0. The average Bonchev–Trinajstić information content (AvgIpc) is 2.28. The Kier molecular flexibility index (Phi) is 4.66. The molecule has 0 aliphatic rings. The normalized spacial score (nSPS) is 11.4. The molecule has 0 heterocycles. The van der Waals surface area contributed by atoms with Gasteiger partial charge in [-0.1, -0.05) is 11.6 Å². The van der Waals surface area contributed by atoms with Gasteiger partial charge in [0.05, 0.1) is 11.0 Å². The summed E-state index contributed by atoms with van der Waals surface area (Å²) in [7, 11) is 0. The summed E-state index contributed by atoms with van der Waals surface area (Å²) in [5.74, 6) is 1.79. The minimum atomic E-state index is -0.830. The first kappa shape index (κ1) is 14.0. The highest BCUT2D eigenvalue weighted by Gasteiger charge is 2.15. The monoisotopic (exact) mass is 267 g/mol. The Morgan fingerprint density at radius 1 is 1.67 bits per heavy atom. The maximum absolute atomic E-state index is 11.5. The number of nitro groups is 1. The van der Waals surface area contributed by atoms with Crippen molar-refractivity contribution < 1.29 is 9.72 Å². The van der Waals surface area contributed by atoms with Crippen LogP contribution in [-0.2, 0) is 4.79 Å². The van der Waals surface area contributed by atoms with Crippen LogP contribution >= 0.6 is 11.6 Å². The van der Waals surface area contributed by atoms with Gasteiger partial charge in [0, 0.05) is 18.2 Å². The maximum atomic E-state index is 11.5. The summed E-state index contributed by atoms with van der Waals surface area (Å²) < 4.78 is 0. The number of nitro benzene ring substituents is 1. The second kappa shape index (κ2) is 6.00. The van der Waals surface area contributed by atoms with Crippen molar-refractivity contribution in [2.75, 3.05) is 5.32 Å². The van der Waals surface area contributed by atoms with Gasteiger partial charge in [-0.3, -0.25) is 14.9 Å². The van der Waals surface area contributed by atoms with Crippen molar-refractivity contribution in [1.29, 1.82) is 0 Å². The predicted molar refractivity (Wildman–Crippen MR) is 68.2 cm³/mol. The summed E-state index contributed by atoms with van der Waals surface area (Å²) in [4.78, 5) is 21.5. The van der Waals surface area contributed by atoms with E-state index in [1.165, 1.54) is 18.2 Å². The molecule has 94 valence electrons. The quantitative estimate of drug-likeness (QED) is 0.491. The number of carbonyl (C=O) groups is 1. The molecule has 6 nitrogen and oxygen atoms in total. The molecule has 0 fully saturated rings. The van der Waals surface area contributed by atoms with E-state index in [-0.39, 0.29) is 17.1 Å². The Labute approximate surface area is 108 Å². The van der Waals surface area contributed by atoms with Crippen molar-refractivity contribution in [3.63, 3.8) is 0 Å². The van der Waals surface area contributed by atoms with Crippen LogP contribution in [0.2, 0.25) is 5.02 Å². The molecule has 3 N–H and O–H groups in total. The SMILES string of the molecule is C#CCC(N)C(=O)Nc1ccc([N+](=O)[O-])c(Cl)c1. The Morgan fingerprint density at radius 3 is 2.83 bits per heavy atom. The standard InChI is InChI=1S/C11H10ClN3O3/c1-2-3-9(13)11(16)14-7-4-5-10(15(17)18)8(12)6-7/h1,4-6,9H,3,13H2,(H,14,16). The lowest BCUT2D eigenvalue weighted by Gasteiger charge is -2.09. The number of carbonyl (C=O) groups excluding carboxylic acids is 1. The maximum Gasteiger partial charge on any atom is 0.288 e. The molecule has 1 amide bonds. The number of rotatable bonds is 4. The molecular weight excluding hydrogens is 258 g/mol. The number of benzene rings is 1. The van der Waals surface area contributed by atoms with Crippen molar-refractivity contribution in [3.05, 3.63) is 33.3 Å². The Bertz CT molecular complexity index is 525. The van der Waals surface area contributed by atoms with Crippen LogP contribution in [0.4, 0.5) is 11.4 Å². The highest BCUT2D eigenvalue weighted by molar-refractivity contribution is 6.33. The van der Waals surface area contributed by atoms with Crippen LogP contribution in [0, 0.1) is 22.5 Å². The smallest absolute Gasteiger partial charge is 0.288 e. The summed E-state index contributed by atoms with van der Waals surface area (Å²) in [5, 5.41) is 12.9. The highest BCUT2D eigenvalue weighted by Crippen LogP contribution is 2.27. The molecule has 0 bridgehead atoms. The lowest BCUT2D eigenvalue weighted by molar-refractivity contribution is -0.384. The summed E-state index contributed by atoms with van der Waals surface area (Å²) in [5.41, 5.74) is 5.58. The molecule has 18 heavy (non-hydrogen) atoms. The average molecular weight is 268 g/mol. The van der Waals surface area contributed by atoms with E-state index in [4.69, 9.17) is 23.8 Å². The van der Waals surface area contributed by atoms with Crippen molar-refractivity contribution in [2.24, 2.45) is 5.73 Å². The lowest BCUT2D eigenvalue weighted by Crippen LogP contribution is -2.35. The highest BCUT2D eigenvalue weighted by atomic mass is 35.5. The molecule has 0 saturated carbocycles. The van der Waals surface area contributed by atoms with E-state index in [1.807, 2.05) is 0 Å². The van der Waals surface area contributed by atoms with Crippen LogP contribution in [0.5, 0.6) is 0 Å². The molecule has 1 aromatic carbocycles. The molecule has 0 radical (unpaired) electrons. The minimum absolute atomic E-state index is 0.0664. The third-order valence-corrected chi connectivity index (χ3v) is 2.39. The number of nitrogens with zero attached hydrogens (tertiary/aromatic N) is 1. The molecule has 1 atom stereocenters. The van der Waals surface area contributed by atoms with Crippen LogP contribution in [-0.4, -0.2) is 16.9 Å². The van der Waals surface area contributed by atoms with Crippen LogP contribution in [0.3, 0.4) is 0 Å². The van der Waals surface area contributed by atoms with Crippen molar-refractivity contribution in [3.8, 4) is 12.3 Å². The summed E-state index contributed by atoms with van der Waals surface area (Å²) >= 11 is 5.69. The zero-order valence-electron chi connectivity index (χ0n) is 9.22. The fourth-order valence-electron chi connectivity index (χ4n) is 1.19. The van der Waals surface area contributed by atoms with Crippen LogP contribution < -0.4 is 11.1 Å². The van der Waals surface area contributed by atoms with Crippen molar-refractivity contribution in [1.82, 2.24) is 0 Å². The van der Waals surface area contributed by atoms with Gasteiger partial charge in [-0.05, 0) is 12.1 Å². The Morgan fingerprint density at radius 2 is 2.33 bits per heavy atom. The second-order valence-corrected chi connectivity index (χ2v) is 3.83. The number of hydrogen-bond acceptors (Lipinski definition) is 4. The third-order valence-electron chi connectivity index (χ3n) is 2.09. The fourth-order valence-corrected chi connectivity index (χ4v) is 1.44. The van der Waals surface area contributed by atoms with E-state index in [2.05, 4.69) is 11.2 Å². The number of nitrogens with two attached hydrogens (primary N) is 1. The molecule has 0 aliphatic heterocycles. The number of amides is 1. The van der Waals surface area contributed by atoms with Gasteiger partial charge in [0.1, 0.15) is 5.02 Å². The molecule has 7 heteroatoms. The van der Waals surface area contributed by atoms with Gasteiger partial charge in [-0.25, -0.2) is 0 Å². The van der Waals surface area contributed by atoms with Gasteiger partial charge in [-0.2, -0.15) is 0 Å². The Balaban J connectivity index is 2.81. The van der Waals surface area contributed by atoms with E-state index in [0.717, 1.165) is 0 Å². The zero-order chi connectivity index (χ0) is 13.7. The molecule has 1 aromatic rings. The predicted octanol–water partition coefficient (Wildman–Crippen LogP) is 1.54. The van der Waals surface area contributed by atoms with Crippen LogP contribution in [0.1, 0.15) is 6.42 Å². The molecule has 0 spiro atoms. The first-order chi connectivity index (χ1) is 8.45. The van der Waals surface area contributed by atoms with Gasteiger partial charge < -0.3 is 11.1 Å². The second-order valence-electron chi connectivity index (χ2n) is 3.43. The van der Waals surface area contributed by atoms with E-state index in [9.17, 15) is 14.9 Å². The lowest BCUT2D eigenvalue weighted by atomic mass is 10.2. The molecule has 1 rings (SSSR count). The number of terminal acetylenes is 1. The van der Waals surface area contributed by atoms with E-state index in [1.54, 1.807) is 0 Å². The van der Waals surface area contributed by atoms with Gasteiger partial charge in [0.15, 0.2) is 0 Å². The van der Waals surface area contributed by atoms with Gasteiger partial charge in [0.2, 0.25) is 5.91 Å². The third kappa shape index (κ3) is 3.45. The molecule has 0 aromatic heterocycles. The summed E-state index contributed by atoms with van der Waals surface area (Å²) in [6.07, 6.45) is 5.14. The van der Waals surface area contributed by atoms with E-state index in [0.29, 0.717) is 5.69 Å². The van der Waals surface area contributed by atoms with Gasteiger partial charge in [-0.15, -0.1) is 12.3 Å². The number of anilines is 1. The van der Waals surface area contributed by atoms with E-state index < -0.39 is 16.9 Å². The van der Waals surface area contributed by atoms with Crippen LogP contribution in [0.25, 0.3) is 0 Å². The largest absolute Gasteiger partial charge is 0.325 e. The first-order valence-electron chi connectivity index (χ1n) is 4.89. The summed E-state index contributed by atoms with van der Waals surface area (Å²) in [6, 6.07) is 3.01. The molecule has 1 unspecified atom stereocenters. The van der Waals surface area contributed by atoms with Gasteiger partial charge >= 0.3 is 0 Å². The van der Waals surface area contributed by atoms with Gasteiger partial charge in [0.25, 0.3) is 5.69 Å². The van der Waals surface area contributed by atoms with Crippen molar-refractivity contribution >= 4 is 28.9 Å².